The van der Waals surface area contributed by atoms with Crippen molar-refractivity contribution in [1.82, 2.24) is 9.38 Å². The zero-order valence-corrected chi connectivity index (χ0v) is 10.2. The van der Waals surface area contributed by atoms with E-state index in [9.17, 15) is 4.79 Å². The molecule has 3 heterocycles. The van der Waals surface area contributed by atoms with Gasteiger partial charge in [0.15, 0.2) is 0 Å². The number of aromatic nitrogens is 2. The molecule has 0 N–H and O–H groups in total. The Morgan fingerprint density at radius 3 is 3.35 bits per heavy atom. The Kier molecular flexibility index (Phi) is 2.55. The molecule has 17 heavy (non-hydrogen) atoms. The van der Waals surface area contributed by atoms with Crippen LogP contribution in [0.25, 0.3) is 5.65 Å². The number of carbonyl (C=O) groups is 1. The lowest BCUT2D eigenvalue weighted by molar-refractivity contribution is -0.142. The first-order valence-electron chi connectivity index (χ1n) is 5.58. The molecule has 0 aliphatic carbocycles. The summed E-state index contributed by atoms with van der Waals surface area (Å²) in [4.78, 5) is 16.1. The van der Waals surface area contributed by atoms with Crippen molar-refractivity contribution in [2.45, 2.75) is 23.6 Å². The summed E-state index contributed by atoms with van der Waals surface area (Å²) in [5.41, 5.74) is 2.01. The molecule has 1 atom stereocenters. The van der Waals surface area contributed by atoms with Crippen LogP contribution >= 0.6 is 11.8 Å². The minimum atomic E-state index is -0.148. The van der Waals surface area contributed by atoms with E-state index in [-0.39, 0.29) is 11.2 Å². The number of carbonyl (C=O) groups excluding carboxylic acids is 1. The van der Waals surface area contributed by atoms with Crippen molar-refractivity contribution in [3.05, 3.63) is 30.1 Å². The summed E-state index contributed by atoms with van der Waals surface area (Å²) in [6, 6.07) is 5.94. The maximum atomic E-state index is 11.8. The Morgan fingerprint density at radius 2 is 2.53 bits per heavy atom. The first-order chi connectivity index (χ1) is 8.29. The van der Waals surface area contributed by atoms with Gasteiger partial charge < -0.3 is 4.74 Å². The molecule has 0 radical (unpaired) electrons. The highest BCUT2D eigenvalue weighted by Crippen LogP contribution is 2.33. The van der Waals surface area contributed by atoms with Gasteiger partial charge in [-0.25, -0.2) is 4.98 Å². The second kappa shape index (κ2) is 4.07. The number of esters is 1. The zero-order valence-electron chi connectivity index (χ0n) is 9.42. The Hall–Kier alpha value is -1.49. The maximum Gasteiger partial charge on any atom is 0.319 e. The lowest BCUT2D eigenvalue weighted by atomic mass is 10.2. The van der Waals surface area contributed by atoms with Gasteiger partial charge in [0.05, 0.1) is 11.6 Å². The molecule has 0 amide bonds. The van der Waals surface area contributed by atoms with E-state index in [1.807, 2.05) is 31.3 Å². The second-order valence-electron chi connectivity index (χ2n) is 3.87. The minimum absolute atomic E-state index is 0.137. The highest BCUT2D eigenvalue weighted by Gasteiger charge is 2.28. The smallest absolute Gasteiger partial charge is 0.319 e. The van der Waals surface area contributed by atoms with Gasteiger partial charge in [-0.1, -0.05) is 17.8 Å². The van der Waals surface area contributed by atoms with Gasteiger partial charge in [0.25, 0.3) is 0 Å². The van der Waals surface area contributed by atoms with Crippen LogP contribution in [0.1, 0.15) is 12.6 Å². The van der Waals surface area contributed by atoms with E-state index in [4.69, 9.17) is 4.74 Å². The molecule has 88 valence electrons. The third-order valence-corrected chi connectivity index (χ3v) is 3.98. The van der Waals surface area contributed by atoms with E-state index in [0.717, 1.165) is 16.4 Å². The van der Waals surface area contributed by atoms with E-state index < -0.39 is 0 Å². The van der Waals surface area contributed by atoms with Crippen LogP contribution in [0, 0.1) is 0 Å². The lowest BCUT2D eigenvalue weighted by Gasteiger charge is -2.21. The largest absolute Gasteiger partial charge is 0.465 e. The Labute approximate surface area is 103 Å². The molecule has 1 unspecified atom stereocenters. The molecule has 0 spiro atoms. The fraction of sp³-hybridized carbons (Fsp3) is 0.333. The normalized spacial score (nSPS) is 18.3. The topological polar surface area (TPSA) is 43.6 Å². The molecule has 5 heteroatoms. The van der Waals surface area contributed by atoms with E-state index in [2.05, 4.69) is 9.38 Å². The molecular weight excluding hydrogens is 236 g/mol. The summed E-state index contributed by atoms with van der Waals surface area (Å²) in [5, 5.41) is 0.907. The lowest BCUT2D eigenvalue weighted by Crippen LogP contribution is -2.26. The number of hydrogen-bond donors (Lipinski definition) is 0. The highest BCUT2D eigenvalue weighted by atomic mass is 32.2. The van der Waals surface area contributed by atoms with Crippen LogP contribution in [0.5, 0.6) is 0 Å². The molecule has 1 aliphatic heterocycles. The van der Waals surface area contributed by atoms with Crippen molar-refractivity contribution in [1.29, 1.82) is 0 Å². The zero-order chi connectivity index (χ0) is 11.8. The molecule has 0 saturated carbocycles. The van der Waals surface area contributed by atoms with E-state index >= 15 is 0 Å². The molecule has 2 aromatic heterocycles. The van der Waals surface area contributed by atoms with Gasteiger partial charge in [-0.3, -0.25) is 9.20 Å². The number of hydrogen-bond acceptors (Lipinski definition) is 4. The first-order valence-corrected chi connectivity index (χ1v) is 6.46. The summed E-state index contributed by atoms with van der Waals surface area (Å²) in [7, 11) is 0. The van der Waals surface area contributed by atoms with Crippen LogP contribution in [0.3, 0.4) is 0 Å². The second-order valence-corrected chi connectivity index (χ2v) is 5.09. The number of nitrogens with zero attached hydrogens (tertiary/aromatic N) is 2. The quantitative estimate of drug-likeness (QED) is 0.761. The number of pyridine rings is 1. The molecule has 0 aromatic carbocycles. The summed E-state index contributed by atoms with van der Waals surface area (Å²) < 4.78 is 7.18. The molecule has 0 saturated heterocycles. The van der Waals surface area contributed by atoms with Gasteiger partial charge in [-0.05, 0) is 19.1 Å². The summed E-state index contributed by atoms with van der Waals surface area (Å²) >= 11 is 1.55. The number of thioether (sulfide) groups is 1. The summed E-state index contributed by atoms with van der Waals surface area (Å²) in [5.74, 6) is -0.137. The molecule has 3 rings (SSSR count). The van der Waals surface area contributed by atoms with E-state index in [1.165, 1.54) is 0 Å². The molecule has 4 nitrogen and oxygen atoms in total. The monoisotopic (exact) mass is 248 g/mol. The van der Waals surface area contributed by atoms with Crippen LogP contribution in [-0.4, -0.2) is 27.2 Å². The van der Waals surface area contributed by atoms with Crippen molar-refractivity contribution in [3.8, 4) is 0 Å². The van der Waals surface area contributed by atoms with Crippen molar-refractivity contribution >= 4 is 23.4 Å². The van der Waals surface area contributed by atoms with Gasteiger partial charge in [-0.2, -0.15) is 0 Å². The van der Waals surface area contributed by atoms with Crippen LogP contribution in [0.15, 0.2) is 29.4 Å². The Balaban J connectivity index is 1.98. The summed E-state index contributed by atoms with van der Waals surface area (Å²) in [6.45, 7) is 2.26. The van der Waals surface area contributed by atoms with Gasteiger partial charge >= 0.3 is 5.97 Å². The molecular formula is C12H12N2O2S. The van der Waals surface area contributed by atoms with Gasteiger partial charge in [-0.15, -0.1) is 0 Å². The fourth-order valence-corrected chi connectivity index (χ4v) is 3.23. The predicted octanol–water partition coefficient (Wildman–Crippen LogP) is 1.91. The number of rotatable bonds is 2. The number of ether oxygens (including phenoxy) is 1. The highest BCUT2D eigenvalue weighted by molar-refractivity contribution is 8.00. The standard InChI is InChI=1S/C12H12N2O2S/c1-2-16-12(15)9-6-8-7-13-10-4-3-5-11(17-9)14(8)10/h3-5,7,9H,2,6H2,1H3. The average molecular weight is 248 g/mol. The van der Waals surface area contributed by atoms with Crippen molar-refractivity contribution in [2.24, 2.45) is 0 Å². The van der Waals surface area contributed by atoms with Crippen LogP contribution < -0.4 is 0 Å². The van der Waals surface area contributed by atoms with Crippen molar-refractivity contribution in [3.63, 3.8) is 0 Å². The van der Waals surface area contributed by atoms with Crippen molar-refractivity contribution in [2.75, 3.05) is 6.61 Å². The third-order valence-electron chi connectivity index (χ3n) is 2.77. The van der Waals surface area contributed by atoms with Crippen LogP contribution in [-0.2, 0) is 16.0 Å². The summed E-state index contributed by atoms with van der Waals surface area (Å²) in [6.07, 6.45) is 2.52. The van der Waals surface area contributed by atoms with E-state index in [1.54, 1.807) is 11.8 Å². The Morgan fingerprint density at radius 1 is 1.65 bits per heavy atom. The predicted molar refractivity (Wildman–Crippen MR) is 65.2 cm³/mol. The maximum absolute atomic E-state index is 11.8. The molecule has 0 bridgehead atoms. The SMILES string of the molecule is CCOC(=O)C1Cc2cnc3cccc(n23)S1. The Bertz CT molecular complexity index is 579. The average Bonchev–Trinajstić information content (AvgIpc) is 2.75. The first kappa shape index (κ1) is 10.7. The molecule has 1 aliphatic rings. The van der Waals surface area contributed by atoms with Crippen molar-refractivity contribution < 1.29 is 9.53 Å². The van der Waals surface area contributed by atoms with Crippen LogP contribution in [0.2, 0.25) is 0 Å². The molecule has 2 aromatic rings. The van der Waals surface area contributed by atoms with Gasteiger partial charge in [0, 0.05) is 18.3 Å². The minimum Gasteiger partial charge on any atom is -0.465 e. The third kappa shape index (κ3) is 1.70. The van der Waals surface area contributed by atoms with Gasteiger partial charge in [0.2, 0.25) is 0 Å². The van der Waals surface area contributed by atoms with Crippen LogP contribution in [0.4, 0.5) is 0 Å². The fourth-order valence-electron chi connectivity index (χ4n) is 2.05. The van der Waals surface area contributed by atoms with Gasteiger partial charge in [0.1, 0.15) is 10.9 Å². The van der Waals surface area contributed by atoms with E-state index in [0.29, 0.717) is 13.0 Å². The molecule has 0 fully saturated rings. The number of imidazole rings is 1.